The van der Waals surface area contributed by atoms with E-state index in [-0.39, 0.29) is 35.6 Å². The van der Waals surface area contributed by atoms with Crippen LogP contribution in [0.4, 0.5) is 15.8 Å². The quantitative estimate of drug-likeness (QED) is 0.604. The van der Waals surface area contributed by atoms with Gasteiger partial charge in [-0.25, -0.2) is 4.39 Å². The summed E-state index contributed by atoms with van der Waals surface area (Å²) in [4.78, 5) is 24.9. The van der Waals surface area contributed by atoms with Gasteiger partial charge in [0.15, 0.2) is 0 Å². The summed E-state index contributed by atoms with van der Waals surface area (Å²) in [6.07, 6.45) is 0.880. The Balaban J connectivity index is 1.61. The number of carbonyl (C=O) groups excluding carboxylic acids is 2. The van der Waals surface area contributed by atoms with Gasteiger partial charge >= 0.3 is 0 Å². The highest BCUT2D eigenvalue weighted by Crippen LogP contribution is 2.25. The molecule has 0 bridgehead atoms. The molecule has 2 amide bonds. The lowest BCUT2D eigenvalue weighted by molar-refractivity contribution is -0.120. The summed E-state index contributed by atoms with van der Waals surface area (Å²) in [5.74, 6) is -0.744. The number of methoxy groups -OCH3 is 1. The fraction of sp³-hybridized carbons (Fsp3) is 0.364. The van der Waals surface area contributed by atoms with Crippen LogP contribution in [0.2, 0.25) is 0 Å². The molecule has 0 aromatic heterocycles. The molecular weight excluding hydrogens is 389 g/mol. The van der Waals surface area contributed by atoms with Crippen molar-refractivity contribution in [3.05, 3.63) is 53.3 Å². The van der Waals surface area contributed by atoms with Crippen LogP contribution >= 0.6 is 0 Å². The van der Waals surface area contributed by atoms with Crippen molar-refractivity contribution in [2.45, 2.75) is 19.9 Å². The minimum atomic E-state index is -0.529. The van der Waals surface area contributed by atoms with Crippen LogP contribution in [0.3, 0.4) is 0 Å². The highest BCUT2D eigenvalue weighted by atomic mass is 19.1. The van der Waals surface area contributed by atoms with Gasteiger partial charge in [0.2, 0.25) is 5.91 Å². The highest BCUT2D eigenvalue weighted by Gasteiger charge is 2.27. The number of nitrogen functional groups attached to an aromatic ring is 1. The smallest absolute Gasteiger partial charge is 0.255 e. The molecule has 0 aliphatic carbocycles. The molecule has 0 saturated carbocycles. The zero-order chi connectivity index (χ0) is 21.7. The molecule has 7 nitrogen and oxygen atoms in total. The van der Waals surface area contributed by atoms with Crippen LogP contribution in [0, 0.1) is 17.7 Å². The number of hydrogen-bond acceptors (Lipinski definition) is 5. The summed E-state index contributed by atoms with van der Waals surface area (Å²) in [5.41, 5.74) is 7.88. The van der Waals surface area contributed by atoms with Gasteiger partial charge in [-0.2, -0.15) is 0 Å². The van der Waals surface area contributed by atoms with Crippen LogP contribution in [-0.2, 0) is 16.1 Å². The third kappa shape index (κ3) is 5.07. The third-order valence-corrected chi connectivity index (χ3v) is 5.34. The Morgan fingerprint density at radius 1 is 1.30 bits per heavy atom. The van der Waals surface area contributed by atoms with Gasteiger partial charge in [0.25, 0.3) is 5.91 Å². The second-order valence-corrected chi connectivity index (χ2v) is 7.34. The normalized spacial score (nSPS) is 16.7. The highest BCUT2D eigenvalue weighted by molar-refractivity contribution is 5.97. The van der Waals surface area contributed by atoms with Gasteiger partial charge in [-0.15, -0.1) is 0 Å². The van der Waals surface area contributed by atoms with Gasteiger partial charge in [0, 0.05) is 30.4 Å². The minimum Gasteiger partial charge on any atom is -0.496 e. The van der Waals surface area contributed by atoms with E-state index in [0.717, 1.165) is 12.5 Å². The Bertz CT molecular complexity index is 929. The number of rotatable bonds is 7. The molecule has 2 aromatic rings. The molecule has 3 rings (SSSR count). The maximum absolute atomic E-state index is 13.5. The molecule has 4 N–H and O–H groups in total. The summed E-state index contributed by atoms with van der Waals surface area (Å²) in [7, 11) is 1.41. The van der Waals surface area contributed by atoms with Crippen LogP contribution in [-0.4, -0.2) is 32.1 Å². The lowest BCUT2D eigenvalue weighted by Crippen LogP contribution is -2.27. The topological polar surface area (TPSA) is 103 Å². The number of nitrogens with one attached hydrogen (secondary N) is 2. The van der Waals surface area contributed by atoms with Gasteiger partial charge in [-0.05, 0) is 48.2 Å². The van der Waals surface area contributed by atoms with E-state index in [1.807, 2.05) is 6.92 Å². The zero-order valence-corrected chi connectivity index (χ0v) is 17.0. The van der Waals surface area contributed by atoms with E-state index in [0.29, 0.717) is 30.2 Å². The lowest BCUT2D eigenvalue weighted by Gasteiger charge is -2.18. The first-order chi connectivity index (χ1) is 14.4. The van der Waals surface area contributed by atoms with E-state index in [4.69, 9.17) is 15.2 Å². The predicted molar refractivity (Wildman–Crippen MR) is 112 cm³/mol. The average Bonchev–Trinajstić information content (AvgIpc) is 3.27. The van der Waals surface area contributed by atoms with Gasteiger partial charge in [0.1, 0.15) is 11.6 Å². The Morgan fingerprint density at radius 2 is 2.10 bits per heavy atom. The Morgan fingerprint density at radius 3 is 2.77 bits per heavy atom. The number of ether oxygens (including phenoxy) is 2. The monoisotopic (exact) mass is 415 g/mol. The fourth-order valence-corrected chi connectivity index (χ4v) is 3.38. The summed E-state index contributed by atoms with van der Waals surface area (Å²) >= 11 is 0. The number of hydrogen-bond donors (Lipinski definition) is 3. The Hall–Kier alpha value is -3.13. The number of anilines is 2. The van der Waals surface area contributed by atoms with E-state index in [1.54, 1.807) is 18.2 Å². The van der Waals surface area contributed by atoms with E-state index >= 15 is 0 Å². The molecule has 0 radical (unpaired) electrons. The molecule has 0 spiro atoms. The molecule has 30 heavy (non-hydrogen) atoms. The molecule has 160 valence electrons. The number of amides is 2. The van der Waals surface area contributed by atoms with E-state index < -0.39 is 11.7 Å². The molecule has 1 aliphatic rings. The molecule has 1 fully saturated rings. The molecule has 1 aliphatic heterocycles. The second kappa shape index (κ2) is 9.58. The Kier molecular flexibility index (Phi) is 6.89. The van der Waals surface area contributed by atoms with Crippen LogP contribution in [0.1, 0.15) is 29.3 Å². The summed E-state index contributed by atoms with van der Waals surface area (Å²) in [6.45, 7) is 3.33. The van der Waals surface area contributed by atoms with Crippen molar-refractivity contribution in [2.75, 3.05) is 31.4 Å². The van der Waals surface area contributed by atoms with Crippen molar-refractivity contribution in [2.24, 2.45) is 11.8 Å². The number of nitrogens with two attached hydrogens (primary N) is 1. The van der Waals surface area contributed by atoms with Crippen LogP contribution in [0.25, 0.3) is 0 Å². The van der Waals surface area contributed by atoms with Crippen LogP contribution in [0.5, 0.6) is 5.75 Å². The maximum atomic E-state index is 13.5. The lowest BCUT2D eigenvalue weighted by atomic mass is 9.92. The van der Waals surface area contributed by atoms with Crippen molar-refractivity contribution < 1.29 is 23.5 Å². The fourth-order valence-electron chi connectivity index (χ4n) is 3.38. The van der Waals surface area contributed by atoms with Gasteiger partial charge in [0.05, 0.1) is 19.3 Å². The largest absolute Gasteiger partial charge is 0.496 e. The molecular formula is C22H26FN3O4. The summed E-state index contributed by atoms with van der Waals surface area (Å²) in [5, 5.41) is 5.59. The van der Waals surface area contributed by atoms with E-state index in [1.165, 1.54) is 19.2 Å². The minimum absolute atomic E-state index is 0.0795. The standard InChI is InChI=1S/C22H26FN3O4/c1-13(15-7-8-30-12-15)21(27)26-17-5-3-14(19(24)10-17)11-25-22(28)18-9-16(23)4-6-20(18)29-2/h3-6,9-10,13,15H,7-8,11-12,24H2,1-2H3,(H,25,28)(H,26,27). The number of benzene rings is 2. The molecule has 8 heteroatoms. The summed E-state index contributed by atoms with van der Waals surface area (Å²) < 4.78 is 23.9. The van der Waals surface area contributed by atoms with E-state index in [2.05, 4.69) is 10.6 Å². The molecule has 1 heterocycles. The van der Waals surface area contributed by atoms with Crippen molar-refractivity contribution >= 4 is 23.2 Å². The molecule has 1 saturated heterocycles. The average molecular weight is 415 g/mol. The first kappa shape index (κ1) is 21.6. The van der Waals surface area contributed by atoms with Crippen molar-refractivity contribution in [3.8, 4) is 5.75 Å². The second-order valence-electron chi connectivity index (χ2n) is 7.34. The van der Waals surface area contributed by atoms with Crippen molar-refractivity contribution in [1.29, 1.82) is 0 Å². The van der Waals surface area contributed by atoms with Crippen LogP contribution in [0.15, 0.2) is 36.4 Å². The zero-order valence-electron chi connectivity index (χ0n) is 17.0. The van der Waals surface area contributed by atoms with Gasteiger partial charge in [-0.3, -0.25) is 9.59 Å². The SMILES string of the molecule is COc1ccc(F)cc1C(=O)NCc1ccc(NC(=O)C(C)C2CCOC2)cc1N. The van der Waals surface area contributed by atoms with Gasteiger partial charge in [-0.1, -0.05) is 13.0 Å². The summed E-state index contributed by atoms with van der Waals surface area (Å²) in [6, 6.07) is 8.86. The van der Waals surface area contributed by atoms with E-state index in [9.17, 15) is 14.0 Å². The first-order valence-electron chi connectivity index (χ1n) is 9.77. The van der Waals surface area contributed by atoms with Crippen LogP contribution < -0.4 is 21.1 Å². The third-order valence-electron chi connectivity index (χ3n) is 5.34. The number of halogens is 1. The van der Waals surface area contributed by atoms with Crippen molar-refractivity contribution in [1.82, 2.24) is 5.32 Å². The predicted octanol–water partition coefficient (Wildman–Crippen LogP) is 2.96. The number of carbonyl (C=O) groups is 2. The molecule has 2 unspecified atom stereocenters. The maximum Gasteiger partial charge on any atom is 0.255 e. The first-order valence-corrected chi connectivity index (χ1v) is 9.77. The van der Waals surface area contributed by atoms with Crippen molar-refractivity contribution in [3.63, 3.8) is 0 Å². The molecule has 2 atom stereocenters. The van der Waals surface area contributed by atoms with Gasteiger partial charge < -0.3 is 25.8 Å². The Labute approximate surface area is 174 Å². The molecule has 2 aromatic carbocycles.